The molecule has 0 fully saturated rings. The predicted octanol–water partition coefficient (Wildman–Crippen LogP) is 1.82. The van der Waals surface area contributed by atoms with E-state index in [-0.39, 0.29) is 18.1 Å². The first-order valence-corrected chi connectivity index (χ1v) is 7.24. The van der Waals surface area contributed by atoms with E-state index in [4.69, 9.17) is 27.9 Å². The van der Waals surface area contributed by atoms with Crippen LogP contribution in [0, 0.1) is 20.8 Å². The van der Waals surface area contributed by atoms with Gasteiger partial charge in [0.05, 0.1) is 17.0 Å². The van der Waals surface area contributed by atoms with E-state index in [0.29, 0.717) is 22.2 Å². The summed E-state index contributed by atoms with van der Waals surface area (Å²) in [4.78, 5) is 20.0. The van der Waals surface area contributed by atoms with Crippen LogP contribution in [0.1, 0.15) is 32.9 Å². The fourth-order valence-electron chi connectivity index (χ4n) is 2.27. The number of nitrogen functional groups attached to an aromatic ring is 2. The van der Waals surface area contributed by atoms with E-state index >= 15 is 0 Å². The number of hydrogen-bond acceptors (Lipinski definition) is 6. The number of carbonyl (C=O) groups excluding carboxylic acids is 1. The summed E-state index contributed by atoms with van der Waals surface area (Å²) in [6, 6.07) is 3.63. The maximum Gasteiger partial charge on any atom is 0.269 e. The van der Waals surface area contributed by atoms with Gasteiger partial charge in [-0.25, -0.2) is 15.8 Å². The highest BCUT2D eigenvalue weighted by Gasteiger charge is 2.18. The Hall–Kier alpha value is -2.38. The van der Waals surface area contributed by atoms with Gasteiger partial charge < -0.3 is 10.5 Å². The molecule has 122 valence electrons. The number of aromatic nitrogens is 2. The topological polar surface area (TPSA) is 116 Å². The molecule has 8 heteroatoms. The molecule has 1 heterocycles. The molecule has 23 heavy (non-hydrogen) atoms. The molecule has 0 aliphatic heterocycles. The van der Waals surface area contributed by atoms with Crippen LogP contribution in [0.4, 0.5) is 5.95 Å². The lowest BCUT2D eigenvalue weighted by molar-refractivity contribution is 0.0949. The maximum absolute atomic E-state index is 11.9. The van der Waals surface area contributed by atoms with Crippen molar-refractivity contribution in [1.82, 2.24) is 15.4 Å². The van der Waals surface area contributed by atoms with Gasteiger partial charge in [-0.1, -0.05) is 11.6 Å². The van der Waals surface area contributed by atoms with Crippen LogP contribution in [0.15, 0.2) is 12.1 Å². The third-order valence-corrected chi connectivity index (χ3v) is 3.92. The number of amides is 1. The van der Waals surface area contributed by atoms with Crippen molar-refractivity contribution >= 4 is 23.5 Å². The van der Waals surface area contributed by atoms with Crippen LogP contribution in [-0.4, -0.2) is 15.9 Å². The molecule has 1 amide bonds. The largest absolute Gasteiger partial charge is 0.487 e. The van der Waals surface area contributed by atoms with Gasteiger partial charge in [-0.15, -0.1) is 0 Å². The van der Waals surface area contributed by atoms with Crippen LogP contribution in [0.3, 0.4) is 0 Å². The van der Waals surface area contributed by atoms with E-state index in [1.54, 1.807) is 6.92 Å². The lowest BCUT2D eigenvalue weighted by Gasteiger charge is -2.13. The minimum atomic E-state index is -0.496. The second-order valence-electron chi connectivity index (χ2n) is 5.12. The predicted molar refractivity (Wildman–Crippen MR) is 88.1 cm³/mol. The van der Waals surface area contributed by atoms with Gasteiger partial charge in [-0.3, -0.25) is 10.2 Å². The molecule has 5 N–H and O–H groups in total. The minimum Gasteiger partial charge on any atom is -0.487 e. The van der Waals surface area contributed by atoms with E-state index in [9.17, 15) is 4.79 Å². The van der Waals surface area contributed by atoms with Gasteiger partial charge in [0.15, 0.2) is 0 Å². The molecule has 0 atom stereocenters. The summed E-state index contributed by atoms with van der Waals surface area (Å²) in [7, 11) is 0. The number of carbonyl (C=O) groups is 1. The molecule has 0 bridgehead atoms. The molecule has 7 nitrogen and oxygen atoms in total. The molecular formula is C15H18ClN5O2. The molecule has 2 aromatic rings. The van der Waals surface area contributed by atoms with Gasteiger partial charge in [0, 0.05) is 5.02 Å². The van der Waals surface area contributed by atoms with E-state index in [0.717, 1.165) is 11.1 Å². The summed E-state index contributed by atoms with van der Waals surface area (Å²) in [5, 5.41) is 0.697. The second-order valence-corrected chi connectivity index (χ2v) is 5.50. The minimum absolute atomic E-state index is 0.0524. The fourth-order valence-corrected chi connectivity index (χ4v) is 2.38. The van der Waals surface area contributed by atoms with Crippen LogP contribution < -0.4 is 21.7 Å². The highest BCUT2D eigenvalue weighted by Crippen LogP contribution is 2.26. The van der Waals surface area contributed by atoms with Gasteiger partial charge in [0.2, 0.25) is 5.95 Å². The number of nitrogens with zero attached hydrogens (tertiary/aromatic N) is 2. The van der Waals surface area contributed by atoms with E-state index < -0.39 is 5.91 Å². The Labute approximate surface area is 139 Å². The molecule has 0 spiro atoms. The number of hydrazine groups is 1. The Bertz CT molecular complexity index is 741. The monoisotopic (exact) mass is 335 g/mol. The third-order valence-electron chi connectivity index (χ3n) is 3.33. The van der Waals surface area contributed by atoms with Crippen LogP contribution in [0.5, 0.6) is 5.75 Å². The van der Waals surface area contributed by atoms with Crippen molar-refractivity contribution in [3.05, 3.63) is 45.2 Å². The van der Waals surface area contributed by atoms with Gasteiger partial charge in [0.25, 0.3) is 5.91 Å². The number of benzene rings is 1. The van der Waals surface area contributed by atoms with Crippen LogP contribution >= 0.6 is 11.6 Å². The lowest BCUT2D eigenvalue weighted by Crippen LogP contribution is -2.32. The van der Waals surface area contributed by atoms with Gasteiger partial charge in [-0.2, -0.15) is 0 Å². The van der Waals surface area contributed by atoms with Crippen molar-refractivity contribution in [1.29, 1.82) is 0 Å². The molecule has 0 radical (unpaired) electrons. The quantitative estimate of drug-likeness (QED) is 0.446. The maximum atomic E-state index is 11.9. The smallest absolute Gasteiger partial charge is 0.269 e. The molecule has 1 aromatic carbocycles. The zero-order chi connectivity index (χ0) is 17.1. The average molecular weight is 336 g/mol. The Balaban J connectivity index is 2.32. The zero-order valence-electron chi connectivity index (χ0n) is 13.1. The highest BCUT2D eigenvalue weighted by atomic mass is 35.5. The molecule has 0 saturated carbocycles. The number of nitrogens with one attached hydrogen (secondary N) is 1. The zero-order valence-corrected chi connectivity index (χ0v) is 13.9. The van der Waals surface area contributed by atoms with Crippen LogP contribution in [0.25, 0.3) is 0 Å². The summed E-state index contributed by atoms with van der Waals surface area (Å²) in [5.41, 5.74) is 10.6. The van der Waals surface area contributed by atoms with Gasteiger partial charge in [0.1, 0.15) is 12.4 Å². The van der Waals surface area contributed by atoms with E-state index in [1.807, 2.05) is 26.0 Å². The van der Waals surface area contributed by atoms with E-state index in [1.165, 1.54) is 0 Å². The lowest BCUT2D eigenvalue weighted by atomic mass is 10.1. The Kier molecular flexibility index (Phi) is 5.02. The summed E-state index contributed by atoms with van der Waals surface area (Å²) in [5.74, 6) is 5.40. The van der Waals surface area contributed by atoms with Crippen LogP contribution in [0.2, 0.25) is 5.02 Å². The first kappa shape index (κ1) is 17.0. The van der Waals surface area contributed by atoms with Crippen molar-refractivity contribution in [2.24, 2.45) is 5.84 Å². The second kappa shape index (κ2) is 6.80. The fraction of sp³-hybridized carbons (Fsp3) is 0.267. The third kappa shape index (κ3) is 3.69. The van der Waals surface area contributed by atoms with Crippen molar-refractivity contribution < 1.29 is 9.53 Å². The number of hydrogen-bond donors (Lipinski definition) is 3. The average Bonchev–Trinajstić information content (AvgIpc) is 2.49. The molecule has 0 aliphatic carbocycles. The molecule has 2 rings (SSSR count). The number of ether oxygens (including phenoxy) is 1. The Morgan fingerprint density at radius 2 is 1.87 bits per heavy atom. The number of anilines is 1. The van der Waals surface area contributed by atoms with E-state index in [2.05, 4.69) is 15.4 Å². The highest BCUT2D eigenvalue weighted by molar-refractivity contribution is 6.32. The van der Waals surface area contributed by atoms with Crippen molar-refractivity contribution in [3.8, 4) is 5.75 Å². The first-order valence-electron chi connectivity index (χ1n) is 6.87. The molecule has 0 saturated heterocycles. The first-order chi connectivity index (χ1) is 10.8. The molecule has 0 unspecified atom stereocenters. The standard InChI is InChI=1S/C15H18ClN5O2/c1-7-4-10(5-8(2)13(7)16)23-6-11-12(14(22)21-18)9(3)19-15(17)20-11/h4-5H,6,18H2,1-3H3,(H,21,22)(H2,17,19,20). The summed E-state index contributed by atoms with van der Waals surface area (Å²) < 4.78 is 5.73. The van der Waals surface area contributed by atoms with Gasteiger partial charge >= 0.3 is 0 Å². The Morgan fingerprint density at radius 3 is 2.43 bits per heavy atom. The number of nitrogens with two attached hydrogens (primary N) is 2. The van der Waals surface area contributed by atoms with Crippen molar-refractivity contribution in [3.63, 3.8) is 0 Å². The summed E-state index contributed by atoms with van der Waals surface area (Å²) in [6.45, 7) is 5.49. The van der Waals surface area contributed by atoms with Crippen molar-refractivity contribution in [2.75, 3.05) is 5.73 Å². The summed E-state index contributed by atoms with van der Waals surface area (Å²) in [6.07, 6.45) is 0. The summed E-state index contributed by atoms with van der Waals surface area (Å²) >= 11 is 6.13. The molecule has 0 aliphatic rings. The SMILES string of the molecule is Cc1cc(OCc2nc(N)nc(C)c2C(=O)NN)cc(C)c1Cl. The normalized spacial score (nSPS) is 10.5. The van der Waals surface area contributed by atoms with Crippen LogP contribution in [-0.2, 0) is 6.61 Å². The number of rotatable bonds is 4. The number of aryl methyl sites for hydroxylation is 3. The molecular weight excluding hydrogens is 318 g/mol. The van der Waals surface area contributed by atoms with Crippen molar-refractivity contribution in [2.45, 2.75) is 27.4 Å². The molecule has 1 aromatic heterocycles. The van der Waals surface area contributed by atoms with Gasteiger partial charge in [-0.05, 0) is 44.0 Å². The number of halogens is 1. The Morgan fingerprint density at radius 1 is 1.26 bits per heavy atom.